The number of carboxylic acid groups (broad SMARTS) is 2. The van der Waals surface area contributed by atoms with Gasteiger partial charge in [0.15, 0.2) is 0 Å². The summed E-state index contributed by atoms with van der Waals surface area (Å²) < 4.78 is 0. The summed E-state index contributed by atoms with van der Waals surface area (Å²) in [6.45, 7) is -0.623. The van der Waals surface area contributed by atoms with E-state index in [2.05, 4.69) is 16.0 Å². The number of primary amides is 1. The minimum Gasteiger partial charge on any atom is -0.481 e. The number of aliphatic carboxylic acids is 2. The number of rotatable bonds is 15. The summed E-state index contributed by atoms with van der Waals surface area (Å²) in [7, 11) is 0. The summed E-state index contributed by atoms with van der Waals surface area (Å²) in [6, 6.07) is -3.87. The molecule has 0 spiro atoms. The fourth-order valence-electron chi connectivity index (χ4n) is 2.12. The average molecular weight is 449 g/mol. The molecule has 3 atom stereocenters. The number of nitrogens with one attached hydrogen (secondary N) is 3. The molecule has 0 heterocycles. The molecule has 4 amide bonds. The third-order valence-electron chi connectivity index (χ3n) is 3.72. The quantitative estimate of drug-likeness (QED) is 0.134. The largest absolute Gasteiger partial charge is 0.481 e. The van der Waals surface area contributed by atoms with Crippen molar-refractivity contribution in [3.63, 3.8) is 0 Å². The van der Waals surface area contributed by atoms with Crippen LogP contribution < -0.4 is 27.4 Å². The van der Waals surface area contributed by atoms with E-state index in [9.17, 15) is 28.8 Å². The van der Waals surface area contributed by atoms with E-state index in [1.54, 1.807) is 6.26 Å². The summed E-state index contributed by atoms with van der Waals surface area (Å²) in [6.07, 6.45) is 0.894. The van der Waals surface area contributed by atoms with Gasteiger partial charge < -0.3 is 37.6 Å². The first-order chi connectivity index (χ1) is 14.0. The first-order valence-electron chi connectivity index (χ1n) is 8.82. The Morgan fingerprint density at radius 1 is 0.967 bits per heavy atom. The number of nitrogens with two attached hydrogens (primary N) is 2. The monoisotopic (exact) mass is 449 g/mol. The second-order valence-corrected chi connectivity index (χ2v) is 7.21. The fourth-order valence-corrected chi connectivity index (χ4v) is 2.59. The number of carboxylic acids is 2. The Balaban J connectivity index is 4.81. The lowest BCUT2D eigenvalue weighted by Crippen LogP contribution is -2.54. The molecule has 0 aromatic rings. The van der Waals surface area contributed by atoms with Crippen molar-refractivity contribution in [1.82, 2.24) is 16.0 Å². The topological polar surface area (TPSA) is 231 Å². The SMILES string of the molecule is CSCCC(NC(=O)CNC(=O)C(CC(=O)O)NC(=O)C(N)CCC(N)=O)C(=O)O. The van der Waals surface area contributed by atoms with Gasteiger partial charge >= 0.3 is 11.9 Å². The number of carbonyl (C=O) groups excluding carboxylic acids is 4. The van der Waals surface area contributed by atoms with Gasteiger partial charge in [0.1, 0.15) is 12.1 Å². The van der Waals surface area contributed by atoms with E-state index in [1.165, 1.54) is 11.8 Å². The normalized spacial score (nSPS) is 13.4. The molecule has 0 aromatic heterocycles. The predicted octanol–water partition coefficient (Wildman–Crippen LogP) is -3.02. The van der Waals surface area contributed by atoms with Crippen molar-refractivity contribution in [2.24, 2.45) is 11.5 Å². The molecule has 0 radical (unpaired) electrons. The molecule has 3 unspecified atom stereocenters. The standard InChI is InChI=1S/C16H27N5O8S/c1-30-5-4-9(16(28)29)20-12(23)7-19-15(27)10(6-13(24)25)21-14(26)8(17)2-3-11(18)22/h8-10H,2-7,17H2,1H3,(H2,18,22)(H,19,27)(H,20,23)(H,21,26)(H,24,25)(H,28,29). The zero-order valence-electron chi connectivity index (χ0n) is 16.4. The van der Waals surface area contributed by atoms with Crippen LogP contribution in [0.1, 0.15) is 25.7 Å². The maximum Gasteiger partial charge on any atom is 0.326 e. The van der Waals surface area contributed by atoms with Crippen LogP contribution in [0.4, 0.5) is 0 Å². The van der Waals surface area contributed by atoms with Crippen molar-refractivity contribution in [1.29, 1.82) is 0 Å². The molecular weight excluding hydrogens is 422 g/mol. The van der Waals surface area contributed by atoms with Crippen LogP contribution in [-0.4, -0.2) is 82.5 Å². The summed E-state index contributed by atoms with van der Waals surface area (Å²) in [4.78, 5) is 68.9. The second-order valence-electron chi connectivity index (χ2n) is 6.23. The van der Waals surface area contributed by atoms with Crippen LogP contribution in [-0.2, 0) is 28.8 Å². The van der Waals surface area contributed by atoms with Gasteiger partial charge in [0.2, 0.25) is 23.6 Å². The molecule has 0 aliphatic heterocycles. The lowest BCUT2D eigenvalue weighted by molar-refractivity contribution is -0.142. The highest BCUT2D eigenvalue weighted by Crippen LogP contribution is 2.01. The van der Waals surface area contributed by atoms with Crippen LogP contribution in [0.15, 0.2) is 0 Å². The third kappa shape index (κ3) is 11.9. The lowest BCUT2D eigenvalue weighted by Gasteiger charge is -2.19. The number of hydrogen-bond acceptors (Lipinski definition) is 8. The first kappa shape index (κ1) is 27.1. The zero-order valence-corrected chi connectivity index (χ0v) is 17.2. The van der Waals surface area contributed by atoms with Crippen molar-refractivity contribution in [2.75, 3.05) is 18.6 Å². The van der Waals surface area contributed by atoms with Gasteiger partial charge in [-0.3, -0.25) is 24.0 Å². The van der Waals surface area contributed by atoms with Crippen molar-refractivity contribution >= 4 is 47.3 Å². The highest BCUT2D eigenvalue weighted by Gasteiger charge is 2.27. The maximum absolute atomic E-state index is 12.2. The molecule has 170 valence electrons. The molecule has 0 saturated heterocycles. The third-order valence-corrected chi connectivity index (χ3v) is 4.36. The molecule has 0 fully saturated rings. The molecule has 30 heavy (non-hydrogen) atoms. The van der Waals surface area contributed by atoms with Gasteiger partial charge in [-0.05, 0) is 24.9 Å². The van der Waals surface area contributed by atoms with Gasteiger partial charge in [0.25, 0.3) is 0 Å². The summed E-state index contributed by atoms with van der Waals surface area (Å²) in [5, 5.41) is 24.5. The van der Waals surface area contributed by atoms with Crippen LogP contribution in [0, 0.1) is 0 Å². The summed E-state index contributed by atoms with van der Waals surface area (Å²) in [5.74, 6) is -5.45. The van der Waals surface area contributed by atoms with Crippen LogP contribution in [0.3, 0.4) is 0 Å². The van der Waals surface area contributed by atoms with E-state index in [4.69, 9.17) is 21.7 Å². The molecule has 9 N–H and O–H groups in total. The Kier molecular flexibility index (Phi) is 12.8. The van der Waals surface area contributed by atoms with Crippen molar-refractivity contribution in [2.45, 2.75) is 43.8 Å². The molecule has 0 aromatic carbocycles. The molecule has 13 nitrogen and oxygen atoms in total. The van der Waals surface area contributed by atoms with E-state index in [-0.39, 0.29) is 19.3 Å². The van der Waals surface area contributed by atoms with Crippen LogP contribution >= 0.6 is 11.8 Å². The van der Waals surface area contributed by atoms with Gasteiger partial charge in [-0.1, -0.05) is 0 Å². The summed E-state index contributed by atoms with van der Waals surface area (Å²) in [5.41, 5.74) is 10.5. The van der Waals surface area contributed by atoms with Gasteiger partial charge in [0, 0.05) is 6.42 Å². The van der Waals surface area contributed by atoms with Gasteiger partial charge in [-0.2, -0.15) is 11.8 Å². The zero-order chi connectivity index (χ0) is 23.3. The molecule has 0 saturated carbocycles. The van der Waals surface area contributed by atoms with Gasteiger partial charge in [-0.15, -0.1) is 0 Å². The van der Waals surface area contributed by atoms with Crippen molar-refractivity contribution < 1.29 is 39.0 Å². The molecule has 0 rings (SSSR count). The Hall–Kier alpha value is -2.87. The van der Waals surface area contributed by atoms with Crippen molar-refractivity contribution in [3.05, 3.63) is 0 Å². The van der Waals surface area contributed by atoms with E-state index < -0.39 is 66.7 Å². The Bertz CT molecular complexity index is 660. The molecule has 0 aliphatic carbocycles. The number of hydrogen-bond donors (Lipinski definition) is 7. The van der Waals surface area contributed by atoms with Crippen LogP contribution in [0.25, 0.3) is 0 Å². The van der Waals surface area contributed by atoms with E-state index in [1.807, 2.05) is 0 Å². The smallest absolute Gasteiger partial charge is 0.326 e. The average Bonchev–Trinajstić information content (AvgIpc) is 2.65. The van der Waals surface area contributed by atoms with Gasteiger partial charge in [-0.25, -0.2) is 4.79 Å². The Labute approximate surface area is 176 Å². The highest BCUT2D eigenvalue weighted by atomic mass is 32.2. The van der Waals surface area contributed by atoms with Crippen molar-refractivity contribution in [3.8, 4) is 0 Å². The van der Waals surface area contributed by atoms with E-state index in [0.29, 0.717) is 5.75 Å². The fraction of sp³-hybridized carbons (Fsp3) is 0.625. The highest BCUT2D eigenvalue weighted by molar-refractivity contribution is 7.98. The lowest BCUT2D eigenvalue weighted by atomic mass is 10.1. The van der Waals surface area contributed by atoms with Crippen LogP contribution in [0.5, 0.6) is 0 Å². The Morgan fingerprint density at radius 3 is 2.10 bits per heavy atom. The second kappa shape index (κ2) is 14.2. The van der Waals surface area contributed by atoms with Gasteiger partial charge in [0.05, 0.1) is 19.0 Å². The number of carbonyl (C=O) groups is 6. The molecular formula is C16H27N5O8S. The minimum absolute atomic E-state index is 0.0996. The molecule has 14 heteroatoms. The minimum atomic E-state index is -1.53. The summed E-state index contributed by atoms with van der Waals surface area (Å²) >= 11 is 1.40. The maximum atomic E-state index is 12.2. The molecule has 0 aliphatic rings. The first-order valence-corrected chi connectivity index (χ1v) is 10.2. The number of thioether (sulfide) groups is 1. The van der Waals surface area contributed by atoms with Crippen LogP contribution in [0.2, 0.25) is 0 Å². The van der Waals surface area contributed by atoms with E-state index in [0.717, 1.165) is 0 Å². The molecule has 0 bridgehead atoms. The Morgan fingerprint density at radius 2 is 1.60 bits per heavy atom. The van der Waals surface area contributed by atoms with E-state index >= 15 is 0 Å². The number of amides is 4. The predicted molar refractivity (Wildman–Crippen MR) is 106 cm³/mol.